The average molecular weight is 380 g/mol. The molecule has 0 spiro atoms. The second-order valence-electron chi connectivity index (χ2n) is 7.22. The number of amides is 1. The number of carbonyl (C=O) groups is 1. The molecule has 1 aromatic rings. The maximum Gasteiger partial charge on any atom is 0.236 e. The van der Waals surface area contributed by atoms with Crippen LogP contribution in [-0.4, -0.2) is 61.8 Å². The van der Waals surface area contributed by atoms with Gasteiger partial charge in [0, 0.05) is 37.1 Å². The van der Waals surface area contributed by atoms with Crippen LogP contribution in [0.2, 0.25) is 0 Å². The van der Waals surface area contributed by atoms with Gasteiger partial charge < -0.3 is 5.32 Å². The molecule has 1 fully saturated rings. The van der Waals surface area contributed by atoms with E-state index in [4.69, 9.17) is 0 Å². The van der Waals surface area contributed by atoms with Gasteiger partial charge in [0.2, 0.25) is 15.9 Å². The lowest BCUT2D eigenvalue weighted by molar-refractivity contribution is -0.124. The minimum Gasteiger partial charge on any atom is -0.350 e. The number of hydrogen-bond acceptors (Lipinski definition) is 4. The molecule has 0 atom stereocenters. The van der Waals surface area contributed by atoms with Crippen molar-refractivity contribution in [3.05, 3.63) is 41.3 Å². The lowest BCUT2D eigenvalue weighted by atomic mass is 10.0. The van der Waals surface area contributed by atoms with Crippen LogP contribution in [0.25, 0.3) is 6.08 Å². The van der Waals surface area contributed by atoms with E-state index in [9.17, 15) is 13.2 Å². The first kappa shape index (κ1) is 20.6. The van der Waals surface area contributed by atoms with Crippen LogP contribution in [-0.2, 0) is 14.8 Å². The van der Waals surface area contributed by atoms with Gasteiger partial charge in [-0.2, -0.15) is 4.31 Å². The molecule has 1 aliphatic rings. The van der Waals surface area contributed by atoms with Crippen molar-refractivity contribution in [3.63, 3.8) is 0 Å². The summed E-state index contributed by atoms with van der Waals surface area (Å²) in [6, 6.07) is 9.36. The van der Waals surface area contributed by atoms with E-state index in [1.54, 1.807) is 6.08 Å². The molecule has 6 nitrogen and oxygen atoms in total. The molecule has 1 amide bonds. The van der Waals surface area contributed by atoms with E-state index in [2.05, 4.69) is 5.32 Å². The molecule has 0 aliphatic carbocycles. The van der Waals surface area contributed by atoms with Gasteiger partial charge in [0.25, 0.3) is 0 Å². The fourth-order valence-corrected chi connectivity index (χ4v) is 3.84. The van der Waals surface area contributed by atoms with Gasteiger partial charge in [-0.25, -0.2) is 8.42 Å². The highest BCUT2D eigenvalue weighted by Crippen LogP contribution is 2.12. The highest BCUT2D eigenvalue weighted by Gasteiger charge is 2.27. The van der Waals surface area contributed by atoms with Crippen molar-refractivity contribution in [1.82, 2.24) is 14.5 Å². The molecular formula is C19H29N3O3S. The van der Waals surface area contributed by atoms with Gasteiger partial charge in [0.05, 0.1) is 6.54 Å². The summed E-state index contributed by atoms with van der Waals surface area (Å²) in [5.74, 6) is -0.0165. The van der Waals surface area contributed by atoms with E-state index >= 15 is 0 Å². The van der Waals surface area contributed by atoms with Crippen molar-refractivity contribution in [2.24, 2.45) is 0 Å². The highest BCUT2D eigenvalue weighted by molar-refractivity contribution is 7.92. The Morgan fingerprint density at radius 1 is 1.15 bits per heavy atom. The van der Waals surface area contributed by atoms with Crippen LogP contribution < -0.4 is 5.32 Å². The molecule has 0 saturated carbocycles. The van der Waals surface area contributed by atoms with Gasteiger partial charge in [-0.3, -0.25) is 9.69 Å². The maximum atomic E-state index is 12.5. The number of hydrogen-bond donors (Lipinski definition) is 1. The minimum atomic E-state index is -3.44. The van der Waals surface area contributed by atoms with E-state index in [-0.39, 0.29) is 11.4 Å². The first-order valence-electron chi connectivity index (χ1n) is 8.98. The van der Waals surface area contributed by atoms with Gasteiger partial charge in [-0.1, -0.05) is 37.3 Å². The number of nitrogens with zero attached hydrogens (tertiary/aromatic N) is 2. The smallest absolute Gasteiger partial charge is 0.236 e. The number of sulfonamides is 1. The van der Waals surface area contributed by atoms with E-state index in [1.165, 1.54) is 9.71 Å². The summed E-state index contributed by atoms with van der Waals surface area (Å²) in [5, 5.41) is 4.27. The van der Waals surface area contributed by atoms with Gasteiger partial charge in [0.15, 0.2) is 0 Å². The number of nitrogens with one attached hydrogen (secondary N) is 1. The van der Waals surface area contributed by atoms with Crippen molar-refractivity contribution >= 4 is 22.0 Å². The van der Waals surface area contributed by atoms with E-state index in [0.29, 0.717) is 32.7 Å². The molecule has 1 aromatic carbocycles. The molecular weight excluding hydrogens is 350 g/mol. The molecule has 26 heavy (non-hydrogen) atoms. The largest absolute Gasteiger partial charge is 0.350 e. The molecule has 0 aromatic heterocycles. The summed E-state index contributed by atoms with van der Waals surface area (Å²) < 4.78 is 26.4. The second-order valence-corrected chi connectivity index (χ2v) is 9.04. The molecule has 0 unspecified atom stereocenters. The summed E-state index contributed by atoms with van der Waals surface area (Å²) in [4.78, 5) is 14.1. The number of carbonyl (C=O) groups excluding carboxylic acids is 1. The van der Waals surface area contributed by atoms with Crippen LogP contribution in [0.15, 0.2) is 35.7 Å². The third kappa shape index (κ3) is 6.23. The Balaban J connectivity index is 1.85. The zero-order valence-corrected chi connectivity index (χ0v) is 16.6. The molecule has 1 aliphatic heterocycles. The third-order valence-corrected chi connectivity index (χ3v) is 6.22. The molecule has 1 saturated heterocycles. The lowest BCUT2D eigenvalue weighted by Crippen LogP contribution is -2.52. The predicted molar refractivity (Wildman–Crippen MR) is 105 cm³/mol. The molecule has 0 bridgehead atoms. The van der Waals surface area contributed by atoms with Crippen molar-refractivity contribution < 1.29 is 13.2 Å². The summed E-state index contributed by atoms with van der Waals surface area (Å²) in [7, 11) is -3.44. The summed E-state index contributed by atoms with van der Waals surface area (Å²) in [5.41, 5.74) is 0.634. The fraction of sp³-hybridized carbons (Fsp3) is 0.526. The first-order chi connectivity index (χ1) is 12.2. The fourth-order valence-electron chi connectivity index (χ4n) is 2.67. The number of benzene rings is 1. The predicted octanol–water partition coefficient (Wildman–Crippen LogP) is 1.91. The van der Waals surface area contributed by atoms with Gasteiger partial charge >= 0.3 is 0 Å². The number of piperazine rings is 1. The average Bonchev–Trinajstić information content (AvgIpc) is 2.61. The summed E-state index contributed by atoms with van der Waals surface area (Å²) >= 11 is 0. The highest BCUT2D eigenvalue weighted by atomic mass is 32.2. The van der Waals surface area contributed by atoms with E-state index < -0.39 is 10.0 Å². The van der Waals surface area contributed by atoms with E-state index in [1.807, 2.05) is 56.0 Å². The Morgan fingerprint density at radius 3 is 2.35 bits per heavy atom. The molecule has 0 radical (unpaired) electrons. The summed E-state index contributed by atoms with van der Waals surface area (Å²) in [6.07, 6.45) is 2.47. The van der Waals surface area contributed by atoms with Crippen LogP contribution in [0.1, 0.15) is 32.8 Å². The molecule has 1 N–H and O–H groups in total. The minimum absolute atomic E-state index is 0.0165. The number of rotatable bonds is 7. The second kappa shape index (κ2) is 8.79. The molecule has 1 heterocycles. The zero-order chi connectivity index (χ0) is 19.2. The van der Waals surface area contributed by atoms with Crippen LogP contribution in [0, 0.1) is 0 Å². The lowest BCUT2D eigenvalue weighted by Gasteiger charge is -2.34. The van der Waals surface area contributed by atoms with Gasteiger partial charge in [-0.15, -0.1) is 0 Å². The Morgan fingerprint density at radius 2 is 1.77 bits per heavy atom. The Labute approximate surface area is 156 Å². The van der Waals surface area contributed by atoms with Crippen molar-refractivity contribution in [1.29, 1.82) is 0 Å². The Bertz CT molecular complexity index is 722. The Kier molecular flexibility index (Phi) is 6.97. The van der Waals surface area contributed by atoms with Crippen LogP contribution in [0.4, 0.5) is 0 Å². The van der Waals surface area contributed by atoms with Crippen molar-refractivity contribution in [2.45, 2.75) is 32.7 Å². The van der Waals surface area contributed by atoms with Crippen molar-refractivity contribution in [2.75, 3.05) is 32.7 Å². The molecule has 144 valence electrons. The monoisotopic (exact) mass is 379 g/mol. The topological polar surface area (TPSA) is 69.7 Å². The van der Waals surface area contributed by atoms with Gasteiger partial charge in [0.1, 0.15) is 0 Å². The maximum absolute atomic E-state index is 12.5. The summed E-state index contributed by atoms with van der Waals surface area (Å²) in [6.45, 7) is 8.22. The quantitative estimate of drug-likeness (QED) is 0.786. The van der Waals surface area contributed by atoms with E-state index in [0.717, 1.165) is 12.0 Å². The standard InChI is InChI=1S/C19H29N3O3S/c1-4-19(2,3)20-18(23)16-21-11-13-22(14-12-21)26(24,25)15-10-17-8-6-5-7-9-17/h5-10,15H,4,11-14,16H2,1-3H3,(H,20,23)/b15-10+. The normalized spacial score (nSPS) is 17.5. The van der Waals surface area contributed by atoms with Crippen LogP contribution in [0.5, 0.6) is 0 Å². The first-order valence-corrected chi connectivity index (χ1v) is 10.5. The zero-order valence-electron chi connectivity index (χ0n) is 15.8. The Hall–Kier alpha value is -1.70. The van der Waals surface area contributed by atoms with Crippen LogP contribution in [0.3, 0.4) is 0 Å². The third-order valence-electron chi connectivity index (χ3n) is 4.65. The van der Waals surface area contributed by atoms with Crippen molar-refractivity contribution in [3.8, 4) is 0 Å². The molecule has 7 heteroatoms. The van der Waals surface area contributed by atoms with Crippen LogP contribution >= 0.6 is 0 Å². The molecule has 2 rings (SSSR count). The van der Waals surface area contributed by atoms with Gasteiger partial charge in [-0.05, 0) is 31.9 Å². The SMILES string of the molecule is CCC(C)(C)NC(=O)CN1CCN(S(=O)(=O)/C=C/c2ccccc2)CC1.